The summed E-state index contributed by atoms with van der Waals surface area (Å²) < 4.78 is 0. The second-order valence-electron chi connectivity index (χ2n) is 9.45. The van der Waals surface area contributed by atoms with E-state index in [4.69, 9.17) is 5.73 Å². The van der Waals surface area contributed by atoms with E-state index in [-0.39, 0.29) is 29.8 Å². The number of Topliss-reactive ketones (excluding diaryl/α,β-unsaturated/α-hetero) is 1. The highest BCUT2D eigenvalue weighted by Crippen LogP contribution is 2.24. The second-order valence-corrected chi connectivity index (χ2v) is 9.45. The smallest absolute Gasteiger partial charge is 0.240 e. The van der Waals surface area contributed by atoms with Gasteiger partial charge < -0.3 is 16.0 Å². The zero-order valence-electron chi connectivity index (χ0n) is 20.0. The fourth-order valence-corrected chi connectivity index (χ4v) is 4.66. The number of pyridine rings is 1. The summed E-state index contributed by atoms with van der Waals surface area (Å²) in [6, 6.07) is 17.8. The van der Waals surface area contributed by atoms with E-state index >= 15 is 0 Å². The lowest BCUT2D eigenvalue weighted by Crippen LogP contribution is -2.60. The SMILES string of the molecule is CC(C)N[C@H](CCc1ccccc1)C(=O)N1CC[C@H]1C(=O)CCc1ccc2c(N)nccc2c1. The minimum absolute atomic E-state index is 0.0444. The lowest BCUT2D eigenvalue weighted by atomic mass is 9.92. The zero-order valence-corrected chi connectivity index (χ0v) is 20.0. The van der Waals surface area contributed by atoms with Crippen molar-refractivity contribution < 1.29 is 9.59 Å². The Bertz CT molecular complexity index is 1150. The number of rotatable bonds is 10. The van der Waals surface area contributed by atoms with Gasteiger partial charge in [-0.3, -0.25) is 9.59 Å². The van der Waals surface area contributed by atoms with Crippen LogP contribution >= 0.6 is 0 Å². The summed E-state index contributed by atoms with van der Waals surface area (Å²) in [5, 5.41) is 5.37. The average molecular weight is 459 g/mol. The van der Waals surface area contributed by atoms with Gasteiger partial charge in [0, 0.05) is 30.6 Å². The first kappa shape index (κ1) is 23.9. The quantitative estimate of drug-likeness (QED) is 0.481. The molecule has 2 atom stereocenters. The number of carbonyl (C=O) groups is 2. The lowest BCUT2D eigenvalue weighted by Gasteiger charge is -2.42. The van der Waals surface area contributed by atoms with Crippen molar-refractivity contribution in [1.82, 2.24) is 15.2 Å². The molecule has 178 valence electrons. The van der Waals surface area contributed by atoms with Crippen LogP contribution in [-0.4, -0.2) is 46.2 Å². The summed E-state index contributed by atoms with van der Waals surface area (Å²) in [7, 11) is 0. The molecule has 0 bridgehead atoms. The van der Waals surface area contributed by atoms with Crippen LogP contribution in [0.1, 0.15) is 44.2 Å². The van der Waals surface area contributed by atoms with Crippen molar-refractivity contribution in [2.45, 2.75) is 64.1 Å². The molecule has 1 aliphatic heterocycles. The largest absolute Gasteiger partial charge is 0.383 e. The molecule has 6 nitrogen and oxygen atoms in total. The number of aromatic nitrogens is 1. The van der Waals surface area contributed by atoms with Gasteiger partial charge >= 0.3 is 0 Å². The van der Waals surface area contributed by atoms with E-state index in [1.54, 1.807) is 11.1 Å². The Labute approximate surface area is 201 Å². The summed E-state index contributed by atoms with van der Waals surface area (Å²) in [6.07, 6.45) is 5.06. The monoisotopic (exact) mass is 458 g/mol. The minimum Gasteiger partial charge on any atom is -0.383 e. The Morgan fingerprint density at radius 2 is 1.88 bits per heavy atom. The average Bonchev–Trinajstić information content (AvgIpc) is 2.80. The van der Waals surface area contributed by atoms with Crippen molar-refractivity contribution in [3.8, 4) is 0 Å². The maximum absolute atomic E-state index is 13.3. The number of hydrogen-bond donors (Lipinski definition) is 2. The molecule has 1 saturated heterocycles. The highest BCUT2D eigenvalue weighted by atomic mass is 16.2. The summed E-state index contributed by atoms with van der Waals surface area (Å²) in [5.41, 5.74) is 8.24. The van der Waals surface area contributed by atoms with Crippen molar-refractivity contribution in [3.63, 3.8) is 0 Å². The molecular formula is C28H34N4O2. The molecule has 2 aromatic carbocycles. The number of amides is 1. The Morgan fingerprint density at radius 3 is 2.59 bits per heavy atom. The first-order chi connectivity index (χ1) is 16.4. The van der Waals surface area contributed by atoms with Crippen molar-refractivity contribution in [2.24, 2.45) is 0 Å². The number of anilines is 1. The van der Waals surface area contributed by atoms with Crippen LogP contribution in [0, 0.1) is 0 Å². The van der Waals surface area contributed by atoms with Gasteiger partial charge in [0.1, 0.15) is 5.82 Å². The molecule has 0 spiro atoms. The summed E-state index contributed by atoms with van der Waals surface area (Å²) in [5.74, 6) is 0.698. The Kier molecular flexibility index (Phi) is 7.58. The van der Waals surface area contributed by atoms with Crippen molar-refractivity contribution in [3.05, 3.63) is 71.9 Å². The van der Waals surface area contributed by atoms with Crippen LogP contribution in [0.3, 0.4) is 0 Å². The van der Waals surface area contributed by atoms with Gasteiger partial charge in [-0.25, -0.2) is 4.98 Å². The van der Waals surface area contributed by atoms with E-state index in [2.05, 4.69) is 42.3 Å². The molecule has 0 aliphatic carbocycles. The molecule has 3 N–H and O–H groups in total. The van der Waals surface area contributed by atoms with Crippen LogP contribution < -0.4 is 11.1 Å². The van der Waals surface area contributed by atoms with Gasteiger partial charge in [0.2, 0.25) is 5.91 Å². The molecule has 4 rings (SSSR count). The van der Waals surface area contributed by atoms with Crippen LogP contribution in [-0.2, 0) is 22.4 Å². The standard InChI is InChI=1S/C28H34N4O2/c1-19(2)31-24(12-9-20-6-4-3-5-7-20)28(34)32-17-15-25(32)26(33)13-10-21-8-11-23-22(18-21)14-16-30-27(23)29/h3-8,11,14,16,18-19,24-25,31H,9-10,12-13,15,17H2,1-2H3,(H2,29,30)/t24-,25+/m1/s1. The van der Waals surface area contributed by atoms with E-state index in [0.717, 1.165) is 29.2 Å². The Balaban J connectivity index is 1.35. The maximum atomic E-state index is 13.3. The molecule has 0 saturated carbocycles. The number of nitrogens with zero attached hydrogens (tertiary/aromatic N) is 2. The molecule has 34 heavy (non-hydrogen) atoms. The highest BCUT2D eigenvalue weighted by Gasteiger charge is 2.39. The molecule has 0 unspecified atom stereocenters. The van der Waals surface area contributed by atoms with Gasteiger partial charge in [-0.1, -0.05) is 62.4 Å². The normalized spacial score (nSPS) is 16.4. The lowest BCUT2D eigenvalue weighted by molar-refractivity contribution is -0.148. The van der Waals surface area contributed by atoms with Crippen LogP contribution in [0.4, 0.5) is 5.82 Å². The number of nitrogens with two attached hydrogens (primary N) is 1. The van der Waals surface area contributed by atoms with Crippen LogP contribution in [0.2, 0.25) is 0 Å². The molecule has 1 amide bonds. The third-order valence-electron chi connectivity index (χ3n) is 6.59. The number of nitrogens with one attached hydrogen (secondary N) is 1. The number of aryl methyl sites for hydroxylation is 2. The van der Waals surface area contributed by atoms with Gasteiger partial charge in [0.15, 0.2) is 5.78 Å². The van der Waals surface area contributed by atoms with Gasteiger partial charge in [-0.15, -0.1) is 0 Å². The number of benzene rings is 2. The topological polar surface area (TPSA) is 88.3 Å². The molecule has 2 heterocycles. The van der Waals surface area contributed by atoms with E-state index < -0.39 is 0 Å². The Hall–Kier alpha value is -3.25. The van der Waals surface area contributed by atoms with E-state index in [9.17, 15) is 9.59 Å². The minimum atomic E-state index is -0.305. The summed E-state index contributed by atoms with van der Waals surface area (Å²) in [4.78, 5) is 32.3. The third kappa shape index (κ3) is 5.62. The molecule has 1 aromatic heterocycles. The van der Waals surface area contributed by atoms with E-state index in [0.29, 0.717) is 31.6 Å². The molecule has 1 aliphatic rings. The number of nitrogen functional groups attached to an aromatic ring is 1. The van der Waals surface area contributed by atoms with Crippen molar-refractivity contribution >= 4 is 28.3 Å². The first-order valence-electron chi connectivity index (χ1n) is 12.2. The van der Waals surface area contributed by atoms with Crippen LogP contribution in [0.15, 0.2) is 60.8 Å². The second kappa shape index (κ2) is 10.8. The van der Waals surface area contributed by atoms with Crippen LogP contribution in [0.25, 0.3) is 10.8 Å². The Morgan fingerprint density at radius 1 is 1.09 bits per heavy atom. The fourth-order valence-electron chi connectivity index (χ4n) is 4.66. The van der Waals surface area contributed by atoms with Gasteiger partial charge in [-0.2, -0.15) is 0 Å². The number of carbonyl (C=O) groups excluding carboxylic acids is 2. The van der Waals surface area contributed by atoms with Crippen LogP contribution in [0.5, 0.6) is 0 Å². The summed E-state index contributed by atoms with van der Waals surface area (Å²) >= 11 is 0. The predicted octanol–water partition coefficient (Wildman–Crippen LogP) is 3.92. The summed E-state index contributed by atoms with van der Waals surface area (Å²) in [6.45, 7) is 4.75. The highest BCUT2D eigenvalue weighted by molar-refractivity contribution is 5.93. The zero-order chi connectivity index (χ0) is 24.1. The molecule has 3 aromatic rings. The van der Waals surface area contributed by atoms with Gasteiger partial charge in [0.05, 0.1) is 12.1 Å². The first-order valence-corrected chi connectivity index (χ1v) is 12.2. The molecule has 1 fully saturated rings. The fraction of sp³-hybridized carbons (Fsp3) is 0.393. The predicted molar refractivity (Wildman–Crippen MR) is 136 cm³/mol. The number of ketones is 1. The molecule has 0 radical (unpaired) electrons. The third-order valence-corrected chi connectivity index (χ3v) is 6.59. The van der Waals surface area contributed by atoms with Crippen molar-refractivity contribution in [2.75, 3.05) is 12.3 Å². The van der Waals surface area contributed by atoms with Gasteiger partial charge in [0.25, 0.3) is 0 Å². The molecule has 6 heteroatoms. The van der Waals surface area contributed by atoms with E-state index in [1.807, 2.05) is 36.4 Å². The number of fused-ring (bicyclic) bond motifs is 1. The van der Waals surface area contributed by atoms with Crippen molar-refractivity contribution in [1.29, 1.82) is 0 Å². The van der Waals surface area contributed by atoms with Gasteiger partial charge in [-0.05, 0) is 48.3 Å². The van der Waals surface area contributed by atoms with E-state index in [1.165, 1.54) is 5.56 Å². The molecular weight excluding hydrogens is 424 g/mol. The maximum Gasteiger partial charge on any atom is 0.240 e. The number of likely N-dealkylation sites (tertiary alicyclic amines) is 1. The number of hydrogen-bond acceptors (Lipinski definition) is 5.